The van der Waals surface area contributed by atoms with E-state index in [2.05, 4.69) is 25.2 Å². The Kier molecular flexibility index (Phi) is 4.46. The maximum absolute atomic E-state index is 6.24. The molecule has 0 amide bonds. The van der Waals surface area contributed by atoms with Gasteiger partial charge in [-0.15, -0.1) is 0 Å². The lowest BCUT2D eigenvalue weighted by Crippen LogP contribution is -2.06. The molecule has 0 atom stereocenters. The zero-order valence-corrected chi connectivity index (χ0v) is 12.2. The molecule has 2 rings (SSSR count). The minimum absolute atomic E-state index is 0.631. The van der Waals surface area contributed by atoms with Gasteiger partial charge in [0.25, 0.3) is 0 Å². The second kappa shape index (κ2) is 6.09. The molecule has 0 spiro atoms. The summed E-state index contributed by atoms with van der Waals surface area (Å²) in [7, 11) is 1.90. The number of aryl methyl sites for hydroxylation is 2. The number of para-hydroxylation sites is 1. The molecule has 19 heavy (non-hydrogen) atoms. The second-order valence-electron chi connectivity index (χ2n) is 4.68. The minimum Gasteiger partial charge on any atom is -0.455 e. The first-order valence-corrected chi connectivity index (χ1v) is 6.66. The molecule has 0 aliphatic rings. The molecule has 2 aromatic carbocycles. The van der Waals surface area contributed by atoms with E-state index in [4.69, 9.17) is 16.3 Å². The van der Waals surface area contributed by atoms with E-state index in [0.717, 1.165) is 23.6 Å². The van der Waals surface area contributed by atoms with Crippen LogP contribution in [0.1, 0.15) is 16.7 Å². The van der Waals surface area contributed by atoms with Crippen molar-refractivity contribution < 1.29 is 4.74 Å². The van der Waals surface area contributed by atoms with Crippen LogP contribution >= 0.6 is 11.6 Å². The van der Waals surface area contributed by atoms with Crippen molar-refractivity contribution in [3.05, 3.63) is 58.1 Å². The lowest BCUT2D eigenvalue weighted by atomic mass is 10.1. The summed E-state index contributed by atoms with van der Waals surface area (Å²) in [5.74, 6) is 1.55. The Balaban J connectivity index is 2.36. The van der Waals surface area contributed by atoms with Crippen LogP contribution in [0, 0.1) is 13.8 Å². The summed E-state index contributed by atoms with van der Waals surface area (Å²) in [5, 5.41) is 3.75. The van der Waals surface area contributed by atoms with E-state index >= 15 is 0 Å². The average molecular weight is 276 g/mol. The lowest BCUT2D eigenvalue weighted by Gasteiger charge is -2.13. The summed E-state index contributed by atoms with van der Waals surface area (Å²) < 4.78 is 5.98. The summed E-state index contributed by atoms with van der Waals surface area (Å²) in [4.78, 5) is 0. The molecule has 2 aromatic rings. The van der Waals surface area contributed by atoms with Crippen molar-refractivity contribution in [3.63, 3.8) is 0 Å². The van der Waals surface area contributed by atoms with Gasteiger partial charge in [0.1, 0.15) is 11.5 Å². The average Bonchev–Trinajstić information content (AvgIpc) is 2.32. The molecule has 0 aromatic heterocycles. The third-order valence-corrected chi connectivity index (χ3v) is 3.13. The van der Waals surface area contributed by atoms with Crippen molar-refractivity contribution >= 4 is 11.6 Å². The molecule has 0 radical (unpaired) electrons. The van der Waals surface area contributed by atoms with E-state index < -0.39 is 0 Å². The normalized spacial score (nSPS) is 10.5. The highest BCUT2D eigenvalue weighted by molar-refractivity contribution is 6.32. The summed E-state index contributed by atoms with van der Waals surface area (Å²) in [5.41, 5.74) is 3.41. The highest BCUT2D eigenvalue weighted by Crippen LogP contribution is 2.33. The van der Waals surface area contributed by atoms with Gasteiger partial charge < -0.3 is 10.1 Å². The van der Waals surface area contributed by atoms with E-state index in [1.165, 1.54) is 11.1 Å². The lowest BCUT2D eigenvalue weighted by molar-refractivity contribution is 0.474. The Morgan fingerprint density at radius 1 is 1.11 bits per heavy atom. The first-order valence-electron chi connectivity index (χ1n) is 6.28. The maximum Gasteiger partial charge on any atom is 0.150 e. The number of benzene rings is 2. The van der Waals surface area contributed by atoms with Crippen molar-refractivity contribution in [2.24, 2.45) is 0 Å². The maximum atomic E-state index is 6.24. The van der Waals surface area contributed by atoms with Crippen LogP contribution in [0.3, 0.4) is 0 Å². The van der Waals surface area contributed by atoms with Gasteiger partial charge in [-0.1, -0.05) is 29.8 Å². The molecule has 3 heteroatoms. The molecule has 2 nitrogen and oxygen atoms in total. The van der Waals surface area contributed by atoms with Gasteiger partial charge in [0.05, 0.1) is 5.02 Å². The number of hydrogen-bond acceptors (Lipinski definition) is 2. The van der Waals surface area contributed by atoms with Gasteiger partial charge in [0.15, 0.2) is 0 Å². The molecule has 0 saturated heterocycles. The largest absolute Gasteiger partial charge is 0.455 e. The molecule has 0 saturated carbocycles. The smallest absolute Gasteiger partial charge is 0.150 e. The zero-order chi connectivity index (χ0) is 13.8. The van der Waals surface area contributed by atoms with Crippen LogP contribution < -0.4 is 10.1 Å². The summed E-state index contributed by atoms with van der Waals surface area (Å²) in [6.07, 6.45) is 0. The second-order valence-corrected chi connectivity index (χ2v) is 5.09. The van der Waals surface area contributed by atoms with Crippen LogP contribution in [-0.2, 0) is 6.54 Å². The van der Waals surface area contributed by atoms with E-state index in [0.29, 0.717) is 5.02 Å². The van der Waals surface area contributed by atoms with Gasteiger partial charge in [-0.3, -0.25) is 0 Å². The number of rotatable bonds is 4. The Labute approximate surface area is 119 Å². The molecular formula is C16H18ClNO. The van der Waals surface area contributed by atoms with Crippen LogP contribution in [0.5, 0.6) is 11.5 Å². The Hall–Kier alpha value is -1.51. The van der Waals surface area contributed by atoms with E-state index in [-0.39, 0.29) is 0 Å². The molecule has 0 bridgehead atoms. The van der Waals surface area contributed by atoms with Gasteiger partial charge in [-0.25, -0.2) is 0 Å². The van der Waals surface area contributed by atoms with E-state index in [1.807, 2.05) is 37.4 Å². The first-order chi connectivity index (χ1) is 9.10. The highest BCUT2D eigenvalue weighted by atomic mass is 35.5. The SMILES string of the molecule is CNCc1cccc(Cl)c1Oc1cc(C)cc(C)c1. The first kappa shape index (κ1) is 13.9. The summed E-state index contributed by atoms with van der Waals surface area (Å²) in [6.45, 7) is 4.84. The number of halogens is 1. The number of hydrogen-bond donors (Lipinski definition) is 1. The molecular weight excluding hydrogens is 258 g/mol. The van der Waals surface area contributed by atoms with Gasteiger partial charge in [0, 0.05) is 12.1 Å². The molecule has 0 fully saturated rings. The topological polar surface area (TPSA) is 21.3 Å². The Bertz CT molecular complexity index is 561. The predicted molar refractivity (Wildman–Crippen MR) is 80.2 cm³/mol. The minimum atomic E-state index is 0.631. The van der Waals surface area contributed by atoms with E-state index in [9.17, 15) is 0 Å². The molecule has 100 valence electrons. The zero-order valence-electron chi connectivity index (χ0n) is 11.5. The van der Waals surface area contributed by atoms with Crippen molar-refractivity contribution in [2.45, 2.75) is 20.4 Å². The van der Waals surface area contributed by atoms with Gasteiger partial charge in [0.2, 0.25) is 0 Å². The van der Waals surface area contributed by atoms with Crippen LogP contribution in [0.2, 0.25) is 5.02 Å². The van der Waals surface area contributed by atoms with Crippen molar-refractivity contribution in [3.8, 4) is 11.5 Å². The highest BCUT2D eigenvalue weighted by Gasteiger charge is 2.09. The van der Waals surface area contributed by atoms with Crippen molar-refractivity contribution in [2.75, 3.05) is 7.05 Å². The van der Waals surface area contributed by atoms with Crippen LogP contribution in [0.4, 0.5) is 0 Å². The number of ether oxygens (including phenoxy) is 1. The van der Waals surface area contributed by atoms with Gasteiger partial charge >= 0.3 is 0 Å². The fourth-order valence-corrected chi connectivity index (χ4v) is 2.34. The van der Waals surface area contributed by atoms with Gasteiger partial charge in [-0.05, 0) is 50.2 Å². The van der Waals surface area contributed by atoms with Gasteiger partial charge in [-0.2, -0.15) is 0 Å². The molecule has 0 unspecified atom stereocenters. The monoisotopic (exact) mass is 275 g/mol. The standard InChI is InChI=1S/C16H18ClNO/c1-11-7-12(2)9-14(8-11)19-16-13(10-18-3)5-4-6-15(16)17/h4-9,18H,10H2,1-3H3. The predicted octanol–water partition coefficient (Wildman–Crippen LogP) is 4.47. The van der Waals surface area contributed by atoms with Crippen LogP contribution in [-0.4, -0.2) is 7.05 Å². The summed E-state index contributed by atoms with van der Waals surface area (Å²) in [6, 6.07) is 11.9. The molecule has 1 N–H and O–H groups in total. The Morgan fingerprint density at radius 2 is 1.79 bits per heavy atom. The van der Waals surface area contributed by atoms with E-state index in [1.54, 1.807) is 0 Å². The van der Waals surface area contributed by atoms with Crippen molar-refractivity contribution in [1.29, 1.82) is 0 Å². The summed E-state index contributed by atoms with van der Waals surface area (Å²) >= 11 is 6.24. The quantitative estimate of drug-likeness (QED) is 0.889. The molecule has 0 heterocycles. The van der Waals surface area contributed by atoms with Crippen LogP contribution in [0.15, 0.2) is 36.4 Å². The molecule has 0 aliphatic heterocycles. The molecule has 0 aliphatic carbocycles. The van der Waals surface area contributed by atoms with Crippen LogP contribution in [0.25, 0.3) is 0 Å². The fourth-order valence-electron chi connectivity index (χ4n) is 2.11. The third kappa shape index (κ3) is 3.49. The number of nitrogens with one attached hydrogen (secondary N) is 1. The van der Waals surface area contributed by atoms with Crippen molar-refractivity contribution in [1.82, 2.24) is 5.32 Å². The Morgan fingerprint density at radius 3 is 2.42 bits per heavy atom. The third-order valence-electron chi connectivity index (χ3n) is 2.83. The fraction of sp³-hybridized carbons (Fsp3) is 0.250.